The van der Waals surface area contributed by atoms with Gasteiger partial charge in [-0.3, -0.25) is 14.4 Å². The highest BCUT2D eigenvalue weighted by molar-refractivity contribution is 6.17. The number of para-hydroxylation sites is 1. The second kappa shape index (κ2) is 23.5. The molecule has 12 nitrogen and oxygen atoms in total. The summed E-state index contributed by atoms with van der Waals surface area (Å²) in [7, 11) is 0. The molecule has 0 aliphatic heterocycles. The van der Waals surface area contributed by atoms with E-state index in [1.165, 1.54) is 12.1 Å². The van der Waals surface area contributed by atoms with Gasteiger partial charge in [0, 0.05) is 70.7 Å². The summed E-state index contributed by atoms with van der Waals surface area (Å²) in [4.78, 5) is 85.7. The number of esters is 3. The number of H-pyrrole nitrogens is 1. The summed E-state index contributed by atoms with van der Waals surface area (Å²) in [5, 5.41) is 9.11. The number of alkyl halides is 3. The predicted octanol–water partition coefficient (Wildman–Crippen LogP) is 8.78. The maximum absolute atomic E-state index is 14.1. The van der Waals surface area contributed by atoms with Crippen LogP contribution in [0.5, 0.6) is 5.75 Å². The van der Waals surface area contributed by atoms with Crippen LogP contribution < -0.4 is 20.7 Å². The van der Waals surface area contributed by atoms with E-state index in [4.69, 9.17) is 44.3 Å². The number of ether oxygens (including phenoxy) is 2. The highest BCUT2D eigenvalue weighted by Gasteiger charge is 2.31. The van der Waals surface area contributed by atoms with Crippen molar-refractivity contribution in [2.24, 2.45) is 0 Å². The fourth-order valence-corrected chi connectivity index (χ4v) is 7.92. The average molecular weight is 972 g/mol. The van der Waals surface area contributed by atoms with Crippen molar-refractivity contribution in [2.75, 3.05) is 0 Å². The zero-order chi connectivity index (χ0) is 48.0. The minimum absolute atomic E-state index is 0.0101. The van der Waals surface area contributed by atoms with Gasteiger partial charge in [0.25, 0.3) is 17.7 Å². The van der Waals surface area contributed by atoms with Crippen LogP contribution in [0.15, 0.2) is 158 Å². The summed E-state index contributed by atoms with van der Waals surface area (Å²) in [5.41, 5.74) is 5.70. The Hall–Kier alpha value is -7.25. The number of aromatic amines is 1. The molecule has 68 heavy (non-hydrogen) atoms. The van der Waals surface area contributed by atoms with E-state index in [0.29, 0.717) is 27.8 Å². The van der Waals surface area contributed by atoms with Gasteiger partial charge in [-0.05, 0) is 88.0 Å². The van der Waals surface area contributed by atoms with Crippen LogP contribution in [0, 0.1) is 0 Å². The summed E-state index contributed by atoms with van der Waals surface area (Å²) in [6.45, 7) is 0. The molecule has 346 valence electrons. The van der Waals surface area contributed by atoms with E-state index in [1.54, 1.807) is 121 Å². The van der Waals surface area contributed by atoms with Gasteiger partial charge in [0.2, 0.25) is 0 Å². The molecule has 0 aliphatic carbocycles. The molecule has 3 atom stereocenters. The molecular formula is C53H45Cl3N4O8. The zero-order valence-electron chi connectivity index (χ0n) is 36.4. The quantitative estimate of drug-likeness (QED) is 0.0270. The number of hydrogen-bond acceptors (Lipinski definition) is 8. The van der Waals surface area contributed by atoms with Gasteiger partial charge in [-0.25, -0.2) is 14.4 Å². The highest BCUT2D eigenvalue weighted by atomic mass is 35.5. The van der Waals surface area contributed by atoms with Crippen molar-refractivity contribution in [2.45, 2.75) is 55.0 Å². The molecule has 3 amide bonds. The van der Waals surface area contributed by atoms with E-state index in [-0.39, 0.29) is 53.8 Å². The van der Waals surface area contributed by atoms with Gasteiger partial charge in [-0.1, -0.05) is 97.1 Å². The Morgan fingerprint density at radius 1 is 0.456 bits per heavy atom. The highest BCUT2D eigenvalue weighted by Crippen LogP contribution is 2.22. The number of hydrogen-bond donors (Lipinski definition) is 4. The predicted molar refractivity (Wildman–Crippen MR) is 261 cm³/mol. The van der Waals surface area contributed by atoms with Crippen molar-refractivity contribution < 1.29 is 38.2 Å². The molecule has 0 bridgehead atoms. The molecule has 4 N–H and O–H groups in total. The first kappa shape index (κ1) is 48.7. The lowest BCUT2D eigenvalue weighted by atomic mass is 10.0. The molecule has 15 heteroatoms. The van der Waals surface area contributed by atoms with Crippen LogP contribution in [-0.2, 0) is 56.0 Å². The molecule has 0 fully saturated rings. The summed E-state index contributed by atoms with van der Waals surface area (Å²) < 4.78 is 11.3. The third-order valence-corrected chi connectivity index (χ3v) is 11.9. The van der Waals surface area contributed by atoms with E-state index >= 15 is 0 Å². The van der Waals surface area contributed by atoms with Crippen molar-refractivity contribution >= 4 is 81.3 Å². The van der Waals surface area contributed by atoms with Crippen molar-refractivity contribution in [3.05, 3.63) is 208 Å². The molecule has 7 rings (SSSR count). The van der Waals surface area contributed by atoms with E-state index in [1.807, 2.05) is 24.3 Å². The molecule has 7 aromatic rings. The maximum Gasteiger partial charge on any atom is 0.336 e. The lowest BCUT2D eigenvalue weighted by Crippen LogP contribution is -2.48. The lowest BCUT2D eigenvalue weighted by Gasteiger charge is -2.21. The molecule has 0 saturated carbocycles. The van der Waals surface area contributed by atoms with Crippen LogP contribution in [0.25, 0.3) is 10.9 Å². The molecule has 0 unspecified atom stereocenters. The minimum Gasteiger partial charge on any atom is -0.425 e. The van der Waals surface area contributed by atoms with E-state index in [0.717, 1.165) is 22.0 Å². The number of carbonyl (C=O) groups excluding carboxylic acids is 6. The molecular weight excluding hydrogens is 927 g/mol. The summed E-state index contributed by atoms with van der Waals surface area (Å²) in [5.74, 6) is -3.95. The number of rotatable bonds is 19. The zero-order valence-corrected chi connectivity index (χ0v) is 38.7. The third kappa shape index (κ3) is 13.0. The molecule has 0 saturated heterocycles. The molecule has 6 aromatic carbocycles. The van der Waals surface area contributed by atoms with Crippen LogP contribution in [0.3, 0.4) is 0 Å². The Labute approximate surface area is 407 Å². The second-order valence-electron chi connectivity index (χ2n) is 15.8. The smallest absolute Gasteiger partial charge is 0.336 e. The van der Waals surface area contributed by atoms with Crippen molar-refractivity contribution in [1.82, 2.24) is 20.9 Å². The number of benzene rings is 6. The van der Waals surface area contributed by atoms with Crippen LogP contribution in [0.2, 0.25) is 0 Å². The third-order valence-electron chi connectivity index (χ3n) is 11.0. The Morgan fingerprint density at radius 3 is 1.37 bits per heavy atom. The first-order valence-electron chi connectivity index (χ1n) is 21.5. The van der Waals surface area contributed by atoms with Gasteiger partial charge in [0.05, 0.1) is 0 Å². The van der Waals surface area contributed by atoms with Crippen molar-refractivity contribution in [3.63, 3.8) is 0 Å². The largest absolute Gasteiger partial charge is 0.425 e. The number of nitrogens with one attached hydrogen (secondary N) is 4. The minimum atomic E-state index is -1.42. The first-order chi connectivity index (χ1) is 33.0. The molecule has 1 heterocycles. The fourth-order valence-electron chi connectivity index (χ4n) is 7.42. The van der Waals surface area contributed by atoms with Gasteiger partial charge < -0.3 is 30.4 Å². The second-order valence-corrected chi connectivity index (χ2v) is 16.6. The number of fused-ring (bicyclic) bond motifs is 1. The molecule has 1 aromatic heterocycles. The molecule has 0 spiro atoms. The molecule has 0 aliphatic rings. The Balaban J connectivity index is 1.10. The van der Waals surface area contributed by atoms with Gasteiger partial charge in [-0.15, -0.1) is 34.8 Å². The maximum atomic E-state index is 14.1. The van der Waals surface area contributed by atoms with Gasteiger partial charge >= 0.3 is 17.9 Å². The van der Waals surface area contributed by atoms with Gasteiger partial charge in [0.15, 0.2) is 0 Å². The van der Waals surface area contributed by atoms with Crippen LogP contribution in [0.1, 0.15) is 64.5 Å². The summed E-state index contributed by atoms with van der Waals surface area (Å²) in [6.07, 6.45) is 1.71. The van der Waals surface area contributed by atoms with E-state index in [9.17, 15) is 28.8 Å². The van der Waals surface area contributed by atoms with Gasteiger partial charge in [-0.2, -0.15) is 0 Å². The average Bonchev–Trinajstić information content (AvgIpc) is 3.78. The topological polar surface area (TPSA) is 173 Å². The fraction of sp³-hybridized carbons (Fsp3) is 0.170. The Kier molecular flexibility index (Phi) is 16.8. The SMILES string of the molecule is O=C(N[C@@H](Cc1ccccc1)C(=O)OC(=O)[C@H](Cc1ccc(OC(=O)[C@H](Cc2c[nH]c3ccccc23)NC(=O)c2cccc(CCl)c2)cc1)NC(=O)c1cccc(CCl)c1)c1cccc(CCl)c1. The monoisotopic (exact) mass is 970 g/mol. The van der Waals surface area contributed by atoms with Crippen LogP contribution in [-0.4, -0.2) is 58.7 Å². The van der Waals surface area contributed by atoms with E-state index < -0.39 is 53.8 Å². The standard InChI is InChI=1S/C53H45Cl3N4O8/c54-29-35-11-6-14-38(23-35)48(61)58-45(26-33-9-2-1-3-10-33)52(65)68-53(66)46(59-49(62)39-15-7-12-36(24-39)30-55)27-34-19-21-42(22-20-34)67-51(64)47(28-41-32-57-44-18-5-4-17-43(41)44)60-50(63)40-16-8-13-37(25-40)31-56/h1-25,32,45-47,57H,26-31H2,(H,58,61)(H,59,62)(H,60,63)/t45-,46-,47-/m0/s1. The lowest BCUT2D eigenvalue weighted by molar-refractivity contribution is -0.162. The number of amides is 3. The van der Waals surface area contributed by atoms with Crippen molar-refractivity contribution in [1.29, 1.82) is 0 Å². The van der Waals surface area contributed by atoms with E-state index in [2.05, 4.69) is 20.9 Å². The number of carbonyl (C=O) groups is 6. The van der Waals surface area contributed by atoms with Gasteiger partial charge in [0.1, 0.15) is 23.9 Å². The Morgan fingerprint density at radius 2 is 0.882 bits per heavy atom. The normalized spacial score (nSPS) is 12.3. The molecule has 0 radical (unpaired) electrons. The van der Waals surface area contributed by atoms with Crippen LogP contribution >= 0.6 is 34.8 Å². The van der Waals surface area contributed by atoms with Crippen LogP contribution in [0.4, 0.5) is 0 Å². The first-order valence-corrected chi connectivity index (χ1v) is 23.1. The summed E-state index contributed by atoms with van der Waals surface area (Å²) >= 11 is 18.1. The number of halogens is 3. The summed E-state index contributed by atoms with van der Waals surface area (Å²) in [6, 6.07) is 38.7. The Bertz CT molecular complexity index is 2930. The number of aromatic nitrogens is 1. The van der Waals surface area contributed by atoms with Crippen molar-refractivity contribution in [3.8, 4) is 5.75 Å².